The van der Waals surface area contributed by atoms with Gasteiger partial charge < -0.3 is 33.8 Å². The van der Waals surface area contributed by atoms with E-state index in [0.717, 1.165) is 108 Å². The molecule has 6 atom stereocenters. The van der Waals surface area contributed by atoms with Crippen LogP contribution in [0.15, 0.2) is 0 Å². The lowest BCUT2D eigenvalue weighted by atomic mass is 10.00. The van der Waals surface area contributed by atoms with E-state index in [4.69, 9.17) is 37.0 Å². The molecular formula is C69H134O17P2. The van der Waals surface area contributed by atoms with Gasteiger partial charge in [0, 0.05) is 25.7 Å². The first kappa shape index (κ1) is 86.1. The fourth-order valence-corrected chi connectivity index (χ4v) is 12.0. The van der Waals surface area contributed by atoms with Gasteiger partial charge in [0.05, 0.1) is 26.4 Å². The van der Waals surface area contributed by atoms with Gasteiger partial charge in [0.15, 0.2) is 12.2 Å². The van der Waals surface area contributed by atoms with Crippen LogP contribution in [0.25, 0.3) is 0 Å². The number of carbonyl (C=O) groups is 4. The van der Waals surface area contributed by atoms with Gasteiger partial charge in [-0.25, -0.2) is 9.13 Å². The van der Waals surface area contributed by atoms with Crippen LogP contribution in [0, 0.1) is 11.8 Å². The maximum absolute atomic E-state index is 13.0. The summed E-state index contributed by atoms with van der Waals surface area (Å²) in [5, 5.41) is 10.6. The molecule has 0 fully saturated rings. The Morgan fingerprint density at radius 3 is 0.864 bits per heavy atom. The summed E-state index contributed by atoms with van der Waals surface area (Å²) in [7, 11) is -9.89. The molecule has 0 aromatic heterocycles. The first-order valence-corrected chi connectivity index (χ1v) is 39.0. The lowest BCUT2D eigenvalue weighted by Gasteiger charge is -2.21. The van der Waals surface area contributed by atoms with Crippen molar-refractivity contribution in [1.29, 1.82) is 0 Å². The van der Waals surface area contributed by atoms with Crippen molar-refractivity contribution in [2.45, 2.75) is 368 Å². The normalized spacial score (nSPS) is 14.5. The first-order valence-electron chi connectivity index (χ1n) is 36.0. The molecule has 3 N–H and O–H groups in total. The summed E-state index contributed by atoms with van der Waals surface area (Å²) in [6.07, 6.45) is 45.9. The summed E-state index contributed by atoms with van der Waals surface area (Å²) in [6.45, 7) is 9.49. The highest BCUT2D eigenvalue weighted by atomic mass is 31.2. The van der Waals surface area contributed by atoms with Gasteiger partial charge in [-0.05, 0) is 37.5 Å². The van der Waals surface area contributed by atoms with E-state index < -0.39 is 97.5 Å². The Hall–Kier alpha value is -1.94. The average molecular weight is 1300 g/mol. The summed E-state index contributed by atoms with van der Waals surface area (Å²) in [6, 6.07) is 0. The third-order valence-electron chi connectivity index (χ3n) is 16.3. The van der Waals surface area contributed by atoms with Gasteiger partial charge in [-0.2, -0.15) is 0 Å². The Balaban J connectivity index is 5.20. The monoisotopic (exact) mass is 1300 g/mol. The standard InChI is InChI=1S/C69H134O17P2/c1-7-10-12-14-16-18-19-26-29-33-40-46-52-67(72)80-57-64(85-68(73)53-47-41-34-30-27-24-22-20-21-23-25-28-31-37-43-49-61(4)5)59-83-87(75,76)81-55-63(70)56-82-88(77,78)84-60-65(58-79-66(71)51-45-39-32-17-15-13-11-8-2)86-69(74)54-48-42-36-35-38-44-50-62(6)9-3/h61-65,70H,7-60H2,1-6H3,(H,75,76)(H,77,78)/t62?,63-,64-,65-/m1/s1. The number of aliphatic hydroxyl groups excluding tert-OH is 1. The zero-order valence-electron chi connectivity index (χ0n) is 57.0. The molecule has 0 spiro atoms. The molecule has 0 saturated heterocycles. The Kier molecular flexibility index (Phi) is 59.9. The molecule has 0 saturated carbocycles. The van der Waals surface area contributed by atoms with Crippen LogP contribution in [0.1, 0.15) is 350 Å². The van der Waals surface area contributed by atoms with Gasteiger partial charge in [0.1, 0.15) is 19.3 Å². The summed E-state index contributed by atoms with van der Waals surface area (Å²) in [4.78, 5) is 72.4. The molecule has 0 amide bonds. The number of hydrogen-bond acceptors (Lipinski definition) is 15. The molecule has 0 aliphatic carbocycles. The zero-order valence-corrected chi connectivity index (χ0v) is 58.8. The minimum atomic E-state index is -4.95. The van der Waals surface area contributed by atoms with Crippen molar-refractivity contribution in [1.82, 2.24) is 0 Å². The SMILES string of the molecule is CCCCCCCCCCCCCCC(=O)OC[C@H](COP(=O)(O)OC[C@@H](O)COP(=O)(O)OC[C@@H](COC(=O)CCCCCCCCCC)OC(=O)CCCCCCCCC(C)CC)OC(=O)CCCCCCCCCCCCCCCCCC(C)C. The molecule has 0 aliphatic rings. The molecule has 0 radical (unpaired) electrons. The van der Waals surface area contributed by atoms with E-state index in [1.165, 1.54) is 161 Å². The summed E-state index contributed by atoms with van der Waals surface area (Å²) < 4.78 is 68.1. The van der Waals surface area contributed by atoms with Crippen LogP contribution < -0.4 is 0 Å². The number of ether oxygens (including phenoxy) is 4. The van der Waals surface area contributed by atoms with E-state index in [2.05, 4.69) is 41.5 Å². The fourth-order valence-electron chi connectivity index (χ4n) is 10.4. The lowest BCUT2D eigenvalue weighted by molar-refractivity contribution is -0.161. The molecule has 522 valence electrons. The number of unbranched alkanes of at least 4 members (excludes halogenated alkanes) is 37. The largest absolute Gasteiger partial charge is 0.472 e. The molecule has 0 heterocycles. The van der Waals surface area contributed by atoms with E-state index in [-0.39, 0.29) is 25.7 Å². The van der Waals surface area contributed by atoms with Gasteiger partial charge in [-0.15, -0.1) is 0 Å². The number of phosphoric ester groups is 2. The van der Waals surface area contributed by atoms with Crippen molar-refractivity contribution in [2.24, 2.45) is 11.8 Å². The molecule has 17 nitrogen and oxygen atoms in total. The topological polar surface area (TPSA) is 237 Å². The van der Waals surface area contributed by atoms with Crippen molar-refractivity contribution in [3.05, 3.63) is 0 Å². The lowest BCUT2D eigenvalue weighted by Crippen LogP contribution is -2.30. The predicted octanol–water partition coefficient (Wildman–Crippen LogP) is 19.6. The summed E-state index contributed by atoms with van der Waals surface area (Å²) in [5.41, 5.74) is 0. The Labute approximate surface area is 537 Å². The maximum Gasteiger partial charge on any atom is 0.472 e. The van der Waals surface area contributed by atoms with E-state index in [1.807, 2.05) is 0 Å². The smallest absolute Gasteiger partial charge is 0.462 e. The molecule has 0 aliphatic heterocycles. The second-order valence-corrected chi connectivity index (χ2v) is 28.5. The number of hydrogen-bond donors (Lipinski definition) is 3. The van der Waals surface area contributed by atoms with E-state index in [9.17, 15) is 43.2 Å². The number of rotatable bonds is 68. The zero-order chi connectivity index (χ0) is 65.0. The number of phosphoric acid groups is 2. The van der Waals surface area contributed by atoms with Crippen molar-refractivity contribution in [3.63, 3.8) is 0 Å². The van der Waals surface area contributed by atoms with E-state index >= 15 is 0 Å². The second-order valence-electron chi connectivity index (χ2n) is 25.6. The highest BCUT2D eigenvalue weighted by Crippen LogP contribution is 2.45. The van der Waals surface area contributed by atoms with Crippen LogP contribution in [0.5, 0.6) is 0 Å². The Morgan fingerprint density at radius 2 is 0.580 bits per heavy atom. The first-order chi connectivity index (χ1) is 42.4. The van der Waals surface area contributed by atoms with Crippen LogP contribution in [-0.4, -0.2) is 96.7 Å². The number of aliphatic hydroxyl groups is 1. The van der Waals surface area contributed by atoms with Crippen LogP contribution in [0.4, 0.5) is 0 Å². The van der Waals surface area contributed by atoms with Gasteiger partial charge in [0.25, 0.3) is 0 Å². The quantitative estimate of drug-likeness (QED) is 0.0222. The highest BCUT2D eigenvalue weighted by Gasteiger charge is 2.30. The predicted molar refractivity (Wildman–Crippen MR) is 354 cm³/mol. The van der Waals surface area contributed by atoms with Crippen molar-refractivity contribution in [2.75, 3.05) is 39.6 Å². The molecule has 3 unspecified atom stereocenters. The maximum atomic E-state index is 13.0. The molecule has 0 aromatic carbocycles. The van der Waals surface area contributed by atoms with E-state index in [1.54, 1.807) is 0 Å². The number of esters is 4. The fraction of sp³-hybridized carbons (Fsp3) is 0.942. The minimum absolute atomic E-state index is 0.103. The van der Waals surface area contributed by atoms with Crippen molar-refractivity contribution in [3.8, 4) is 0 Å². The molecule has 0 rings (SSSR count). The minimum Gasteiger partial charge on any atom is -0.462 e. The Morgan fingerprint density at radius 1 is 0.330 bits per heavy atom. The second kappa shape index (κ2) is 61.3. The van der Waals surface area contributed by atoms with Crippen molar-refractivity contribution >= 4 is 39.5 Å². The molecule has 88 heavy (non-hydrogen) atoms. The van der Waals surface area contributed by atoms with E-state index in [0.29, 0.717) is 25.7 Å². The summed E-state index contributed by atoms with van der Waals surface area (Å²) >= 11 is 0. The summed E-state index contributed by atoms with van der Waals surface area (Å²) in [5.74, 6) is -0.607. The van der Waals surface area contributed by atoms with Crippen LogP contribution in [0.3, 0.4) is 0 Å². The molecule has 19 heteroatoms. The Bertz CT molecular complexity index is 1720. The highest BCUT2D eigenvalue weighted by molar-refractivity contribution is 7.47. The van der Waals surface area contributed by atoms with Crippen LogP contribution >= 0.6 is 15.6 Å². The third kappa shape index (κ3) is 61.6. The third-order valence-corrected chi connectivity index (χ3v) is 18.2. The van der Waals surface area contributed by atoms with Gasteiger partial charge in [-0.1, -0.05) is 298 Å². The number of carbonyl (C=O) groups excluding carboxylic acids is 4. The van der Waals surface area contributed by atoms with Crippen molar-refractivity contribution < 1.29 is 80.2 Å². The average Bonchev–Trinajstić information content (AvgIpc) is 3.62. The molecule has 0 aromatic rings. The molecule has 0 bridgehead atoms. The van der Waals surface area contributed by atoms with Crippen LogP contribution in [-0.2, 0) is 65.4 Å². The van der Waals surface area contributed by atoms with Gasteiger partial charge >= 0.3 is 39.5 Å². The van der Waals surface area contributed by atoms with Gasteiger partial charge in [0.2, 0.25) is 0 Å². The molecular weight excluding hydrogens is 1160 g/mol. The van der Waals surface area contributed by atoms with Gasteiger partial charge in [-0.3, -0.25) is 37.3 Å². The van der Waals surface area contributed by atoms with Crippen LogP contribution in [0.2, 0.25) is 0 Å².